The van der Waals surface area contributed by atoms with E-state index in [1.807, 2.05) is 0 Å². The lowest BCUT2D eigenvalue weighted by Crippen LogP contribution is -2.48. The molecule has 0 amide bonds. The molecule has 120 valence electrons. The van der Waals surface area contributed by atoms with Gasteiger partial charge in [0.25, 0.3) is 0 Å². The van der Waals surface area contributed by atoms with Crippen molar-refractivity contribution in [3.05, 3.63) is 0 Å². The van der Waals surface area contributed by atoms with Gasteiger partial charge in [-0.3, -0.25) is 5.41 Å². The molecule has 0 heterocycles. The van der Waals surface area contributed by atoms with Crippen molar-refractivity contribution < 1.29 is 0 Å². The van der Waals surface area contributed by atoms with Crippen molar-refractivity contribution >= 4 is 5.96 Å². The highest BCUT2D eigenvalue weighted by atomic mass is 15.4. The second-order valence-corrected chi connectivity index (χ2v) is 7.71. The maximum absolute atomic E-state index is 8.63. The molecule has 3 heteroatoms. The second-order valence-electron chi connectivity index (χ2n) is 7.71. The highest BCUT2D eigenvalue weighted by Crippen LogP contribution is 2.11. The highest BCUT2D eigenvalue weighted by Gasteiger charge is 2.20. The van der Waals surface area contributed by atoms with Crippen molar-refractivity contribution in [2.45, 2.75) is 55.4 Å². The van der Waals surface area contributed by atoms with Crippen LogP contribution in [0.4, 0.5) is 0 Å². The fraction of sp³-hybridized carbons (Fsp3) is 0.941. The first kappa shape index (κ1) is 19.3. The minimum Gasteiger partial charge on any atom is -0.343 e. The third-order valence-corrected chi connectivity index (χ3v) is 2.94. The molecular weight excluding hydrogens is 246 g/mol. The standard InChI is InChI=1S/C17H37N3/c1-13(2)9-19(10-14(3)4)17(18)20(11-15(5)6)12-16(7)8/h13-16,18H,9-12H2,1-8H3. The van der Waals surface area contributed by atoms with Crippen molar-refractivity contribution in [3.63, 3.8) is 0 Å². The van der Waals surface area contributed by atoms with Gasteiger partial charge in [-0.15, -0.1) is 0 Å². The molecule has 0 aliphatic heterocycles. The first-order valence-electron chi connectivity index (χ1n) is 8.21. The molecule has 0 aromatic carbocycles. The third-order valence-electron chi connectivity index (χ3n) is 2.94. The van der Waals surface area contributed by atoms with Gasteiger partial charge in [-0.05, 0) is 23.7 Å². The van der Waals surface area contributed by atoms with Crippen LogP contribution in [0.25, 0.3) is 0 Å². The maximum Gasteiger partial charge on any atom is 0.193 e. The molecule has 0 saturated carbocycles. The lowest BCUT2D eigenvalue weighted by Gasteiger charge is -2.37. The molecule has 0 spiro atoms. The molecule has 0 aliphatic carbocycles. The monoisotopic (exact) mass is 283 g/mol. The van der Waals surface area contributed by atoms with Gasteiger partial charge in [0.05, 0.1) is 0 Å². The van der Waals surface area contributed by atoms with E-state index in [4.69, 9.17) is 5.41 Å². The van der Waals surface area contributed by atoms with Crippen LogP contribution < -0.4 is 0 Å². The minimum atomic E-state index is 0.592. The Morgan fingerprint density at radius 1 is 0.600 bits per heavy atom. The van der Waals surface area contributed by atoms with Crippen molar-refractivity contribution in [2.24, 2.45) is 23.7 Å². The summed E-state index contributed by atoms with van der Waals surface area (Å²) in [5.41, 5.74) is 0. The van der Waals surface area contributed by atoms with Crippen LogP contribution in [-0.2, 0) is 0 Å². The number of nitrogens with one attached hydrogen (secondary N) is 1. The molecule has 0 aromatic heterocycles. The summed E-state index contributed by atoms with van der Waals surface area (Å²) >= 11 is 0. The molecule has 0 atom stereocenters. The summed E-state index contributed by atoms with van der Waals surface area (Å²) < 4.78 is 0. The van der Waals surface area contributed by atoms with Crippen molar-refractivity contribution in [1.82, 2.24) is 9.80 Å². The first-order valence-corrected chi connectivity index (χ1v) is 8.21. The fourth-order valence-electron chi connectivity index (χ4n) is 2.46. The normalized spacial score (nSPS) is 11.8. The number of hydrogen-bond acceptors (Lipinski definition) is 1. The van der Waals surface area contributed by atoms with Gasteiger partial charge in [-0.25, -0.2) is 0 Å². The molecule has 0 aliphatic rings. The van der Waals surface area contributed by atoms with Crippen LogP contribution in [0.15, 0.2) is 0 Å². The number of hydrogen-bond donors (Lipinski definition) is 1. The summed E-state index contributed by atoms with van der Waals surface area (Å²) in [7, 11) is 0. The fourth-order valence-corrected chi connectivity index (χ4v) is 2.46. The summed E-state index contributed by atoms with van der Waals surface area (Å²) in [5.74, 6) is 3.08. The Hall–Kier alpha value is -0.730. The Labute approximate surface area is 127 Å². The predicted octanol–water partition coefficient (Wildman–Crippen LogP) is 4.15. The van der Waals surface area contributed by atoms with Crippen LogP contribution in [0, 0.1) is 29.1 Å². The predicted molar refractivity (Wildman–Crippen MR) is 90.2 cm³/mol. The van der Waals surface area contributed by atoms with E-state index in [9.17, 15) is 0 Å². The van der Waals surface area contributed by atoms with Gasteiger partial charge in [0, 0.05) is 26.2 Å². The SMILES string of the molecule is CC(C)CN(CC(C)C)C(=N)N(CC(C)C)CC(C)C. The van der Waals surface area contributed by atoms with E-state index in [0.29, 0.717) is 23.7 Å². The molecule has 3 nitrogen and oxygen atoms in total. The molecule has 0 bridgehead atoms. The van der Waals surface area contributed by atoms with Gasteiger partial charge in [-0.2, -0.15) is 0 Å². The number of guanidine groups is 1. The average molecular weight is 284 g/mol. The molecular formula is C17H37N3. The Morgan fingerprint density at radius 2 is 0.800 bits per heavy atom. The molecule has 20 heavy (non-hydrogen) atoms. The van der Waals surface area contributed by atoms with Crippen LogP contribution in [0.2, 0.25) is 0 Å². The maximum atomic E-state index is 8.63. The lowest BCUT2D eigenvalue weighted by atomic mass is 10.1. The van der Waals surface area contributed by atoms with Crippen molar-refractivity contribution in [1.29, 1.82) is 5.41 Å². The second kappa shape index (κ2) is 9.25. The summed E-state index contributed by atoms with van der Waals surface area (Å²) in [4.78, 5) is 4.53. The van der Waals surface area contributed by atoms with Crippen LogP contribution >= 0.6 is 0 Å². The van der Waals surface area contributed by atoms with Crippen LogP contribution in [0.5, 0.6) is 0 Å². The topological polar surface area (TPSA) is 30.3 Å². The van der Waals surface area contributed by atoms with Crippen molar-refractivity contribution in [3.8, 4) is 0 Å². The Bertz CT molecular complexity index is 223. The van der Waals surface area contributed by atoms with Gasteiger partial charge in [-0.1, -0.05) is 55.4 Å². The van der Waals surface area contributed by atoms with Crippen LogP contribution in [0.3, 0.4) is 0 Å². The quantitative estimate of drug-likeness (QED) is 0.536. The molecule has 0 saturated heterocycles. The van der Waals surface area contributed by atoms with E-state index in [1.165, 1.54) is 0 Å². The Kier molecular flexibility index (Phi) is 8.91. The van der Waals surface area contributed by atoms with Gasteiger partial charge in [0.15, 0.2) is 5.96 Å². The zero-order valence-corrected chi connectivity index (χ0v) is 15.0. The number of rotatable bonds is 8. The molecule has 0 radical (unpaired) electrons. The van der Waals surface area contributed by atoms with E-state index < -0.39 is 0 Å². The molecule has 0 aromatic rings. The summed E-state index contributed by atoms with van der Waals surface area (Å²) in [5, 5.41) is 8.63. The van der Waals surface area contributed by atoms with Crippen LogP contribution in [0.1, 0.15) is 55.4 Å². The molecule has 0 fully saturated rings. The Morgan fingerprint density at radius 3 is 0.950 bits per heavy atom. The van der Waals surface area contributed by atoms with E-state index in [-0.39, 0.29) is 0 Å². The van der Waals surface area contributed by atoms with E-state index in [1.54, 1.807) is 0 Å². The molecule has 1 N–H and O–H groups in total. The smallest absolute Gasteiger partial charge is 0.193 e. The van der Waals surface area contributed by atoms with Gasteiger partial charge in [0.1, 0.15) is 0 Å². The van der Waals surface area contributed by atoms with Gasteiger partial charge in [0.2, 0.25) is 0 Å². The largest absolute Gasteiger partial charge is 0.343 e. The van der Waals surface area contributed by atoms with Gasteiger partial charge >= 0.3 is 0 Å². The lowest BCUT2D eigenvalue weighted by molar-refractivity contribution is 0.243. The van der Waals surface area contributed by atoms with Crippen molar-refractivity contribution in [2.75, 3.05) is 26.2 Å². The molecule has 0 unspecified atom stereocenters. The zero-order valence-electron chi connectivity index (χ0n) is 15.0. The van der Waals surface area contributed by atoms with E-state index >= 15 is 0 Å². The van der Waals surface area contributed by atoms with Crippen LogP contribution in [-0.4, -0.2) is 41.9 Å². The first-order chi connectivity index (χ1) is 9.13. The van der Waals surface area contributed by atoms with E-state index in [2.05, 4.69) is 65.2 Å². The average Bonchev–Trinajstić information content (AvgIpc) is 2.23. The third kappa shape index (κ3) is 8.44. The molecule has 0 rings (SSSR count). The number of nitrogens with zero attached hydrogens (tertiary/aromatic N) is 2. The summed E-state index contributed by atoms with van der Waals surface area (Å²) in [6, 6.07) is 0. The minimum absolute atomic E-state index is 0.592. The van der Waals surface area contributed by atoms with Gasteiger partial charge < -0.3 is 9.80 Å². The highest BCUT2D eigenvalue weighted by molar-refractivity contribution is 5.77. The van der Waals surface area contributed by atoms with E-state index in [0.717, 1.165) is 32.1 Å². The Balaban J connectivity index is 4.91. The summed E-state index contributed by atoms with van der Waals surface area (Å²) in [6.45, 7) is 21.8. The zero-order chi connectivity index (χ0) is 15.9. The summed E-state index contributed by atoms with van der Waals surface area (Å²) in [6.07, 6.45) is 0.